The van der Waals surface area contributed by atoms with Crippen molar-refractivity contribution in [3.05, 3.63) is 23.8 Å². The minimum Gasteiger partial charge on any atom is -0.491 e. The van der Waals surface area contributed by atoms with Gasteiger partial charge in [-0.15, -0.1) is 0 Å². The van der Waals surface area contributed by atoms with Gasteiger partial charge in [-0.2, -0.15) is 0 Å². The largest absolute Gasteiger partial charge is 0.491 e. The summed E-state index contributed by atoms with van der Waals surface area (Å²) in [5, 5.41) is 0. The molecule has 1 aromatic carbocycles. The number of carbonyl (C=O) groups excluding carboxylic acids is 1. The van der Waals surface area contributed by atoms with Crippen LogP contribution in [0, 0.1) is 0 Å². The Morgan fingerprint density at radius 1 is 1.38 bits per heavy atom. The maximum atomic E-state index is 11.0. The summed E-state index contributed by atoms with van der Waals surface area (Å²) in [7, 11) is 0. The lowest BCUT2D eigenvalue weighted by molar-refractivity contribution is 0.0999. The predicted molar refractivity (Wildman–Crippen MR) is 61.4 cm³/mol. The number of nitrogen functional groups attached to an aromatic ring is 1. The maximum Gasteiger partial charge on any atom is 0.250 e. The average molecular weight is 224 g/mol. The second kappa shape index (κ2) is 5.97. The fourth-order valence-electron chi connectivity index (χ4n) is 1.20. The van der Waals surface area contributed by atoms with Gasteiger partial charge in [-0.1, -0.05) is 0 Å². The Labute approximate surface area is 94.3 Å². The van der Waals surface area contributed by atoms with Crippen molar-refractivity contribution in [2.45, 2.75) is 6.92 Å². The van der Waals surface area contributed by atoms with Crippen molar-refractivity contribution >= 4 is 11.6 Å². The fourth-order valence-corrected chi connectivity index (χ4v) is 1.20. The van der Waals surface area contributed by atoms with E-state index in [1.54, 1.807) is 12.1 Å². The van der Waals surface area contributed by atoms with Gasteiger partial charge in [0.15, 0.2) is 0 Å². The summed E-state index contributed by atoms with van der Waals surface area (Å²) in [6.45, 7) is 3.49. The van der Waals surface area contributed by atoms with Gasteiger partial charge in [0.05, 0.1) is 12.2 Å². The Bertz CT molecular complexity index is 366. The van der Waals surface area contributed by atoms with Gasteiger partial charge < -0.3 is 20.9 Å². The van der Waals surface area contributed by atoms with E-state index in [9.17, 15) is 4.79 Å². The van der Waals surface area contributed by atoms with Crippen LogP contribution in [0.25, 0.3) is 0 Å². The second-order valence-corrected chi connectivity index (χ2v) is 3.16. The van der Waals surface area contributed by atoms with Gasteiger partial charge >= 0.3 is 0 Å². The molecule has 0 saturated heterocycles. The monoisotopic (exact) mass is 224 g/mol. The van der Waals surface area contributed by atoms with Gasteiger partial charge in [0, 0.05) is 12.3 Å². The summed E-state index contributed by atoms with van der Waals surface area (Å²) in [6.07, 6.45) is 0. The van der Waals surface area contributed by atoms with Crippen LogP contribution >= 0.6 is 0 Å². The molecule has 1 rings (SSSR count). The van der Waals surface area contributed by atoms with Crippen LogP contribution in [0.15, 0.2) is 18.2 Å². The lowest BCUT2D eigenvalue weighted by Crippen LogP contribution is -2.14. The molecule has 16 heavy (non-hydrogen) atoms. The molecule has 4 N–H and O–H groups in total. The Kier molecular flexibility index (Phi) is 4.60. The van der Waals surface area contributed by atoms with Gasteiger partial charge in [-0.25, -0.2) is 0 Å². The molecule has 0 bridgehead atoms. The molecule has 0 aliphatic heterocycles. The first-order valence-electron chi connectivity index (χ1n) is 5.05. The Balaban J connectivity index is 2.61. The van der Waals surface area contributed by atoms with Crippen LogP contribution in [-0.2, 0) is 4.74 Å². The Morgan fingerprint density at radius 3 is 2.75 bits per heavy atom. The van der Waals surface area contributed by atoms with Crippen LogP contribution in [0.2, 0.25) is 0 Å². The molecule has 1 amide bonds. The number of amides is 1. The molecule has 0 heterocycles. The molecule has 5 heteroatoms. The maximum absolute atomic E-state index is 11.0. The quantitative estimate of drug-likeness (QED) is 0.552. The van der Waals surface area contributed by atoms with E-state index in [4.69, 9.17) is 20.9 Å². The van der Waals surface area contributed by atoms with Crippen molar-refractivity contribution in [2.24, 2.45) is 5.73 Å². The number of anilines is 1. The number of rotatable bonds is 6. The lowest BCUT2D eigenvalue weighted by Gasteiger charge is -2.08. The van der Waals surface area contributed by atoms with Crippen LogP contribution in [0.3, 0.4) is 0 Å². The third kappa shape index (κ3) is 3.43. The molecular formula is C11H16N2O3. The van der Waals surface area contributed by atoms with Crippen molar-refractivity contribution in [1.29, 1.82) is 0 Å². The molecule has 0 spiro atoms. The zero-order valence-electron chi connectivity index (χ0n) is 9.23. The lowest BCUT2D eigenvalue weighted by atomic mass is 10.1. The molecule has 0 unspecified atom stereocenters. The van der Waals surface area contributed by atoms with E-state index in [1.165, 1.54) is 6.07 Å². The highest BCUT2D eigenvalue weighted by Crippen LogP contribution is 2.19. The van der Waals surface area contributed by atoms with Crippen molar-refractivity contribution in [3.63, 3.8) is 0 Å². The Morgan fingerprint density at radius 2 is 2.12 bits per heavy atom. The molecule has 0 aliphatic carbocycles. The summed E-state index contributed by atoms with van der Waals surface area (Å²) in [5.74, 6) is -0.00420. The first-order chi connectivity index (χ1) is 7.65. The molecule has 0 aromatic heterocycles. The number of benzene rings is 1. The van der Waals surface area contributed by atoms with Crippen LogP contribution in [-0.4, -0.2) is 25.7 Å². The number of hydrogen-bond acceptors (Lipinski definition) is 4. The number of ether oxygens (including phenoxy) is 2. The molecule has 88 valence electrons. The molecular weight excluding hydrogens is 208 g/mol. The van der Waals surface area contributed by atoms with Crippen molar-refractivity contribution in [3.8, 4) is 5.75 Å². The third-order valence-electron chi connectivity index (χ3n) is 1.99. The SMILES string of the molecule is CCOCCOc1ccc(N)c(C(N)=O)c1. The van der Waals surface area contributed by atoms with Gasteiger partial charge in [-0.05, 0) is 25.1 Å². The minimum atomic E-state index is -0.562. The highest BCUT2D eigenvalue weighted by molar-refractivity contribution is 5.98. The highest BCUT2D eigenvalue weighted by Gasteiger charge is 2.07. The zero-order valence-corrected chi connectivity index (χ0v) is 9.23. The van der Waals surface area contributed by atoms with Crippen molar-refractivity contribution in [2.75, 3.05) is 25.6 Å². The Hall–Kier alpha value is -1.75. The number of primary amides is 1. The van der Waals surface area contributed by atoms with Crippen molar-refractivity contribution < 1.29 is 14.3 Å². The van der Waals surface area contributed by atoms with Gasteiger partial charge in [-0.3, -0.25) is 4.79 Å². The molecule has 0 radical (unpaired) electrons. The second-order valence-electron chi connectivity index (χ2n) is 3.16. The molecule has 0 atom stereocenters. The first kappa shape index (κ1) is 12.3. The van der Waals surface area contributed by atoms with E-state index in [-0.39, 0.29) is 5.56 Å². The van der Waals surface area contributed by atoms with E-state index in [0.717, 1.165) is 0 Å². The molecule has 0 saturated carbocycles. The summed E-state index contributed by atoms with van der Waals surface area (Å²) in [4.78, 5) is 11.0. The van der Waals surface area contributed by atoms with E-state index < -0.39 is 5.91 Å². The first-order valence-corrected chi connectivity index (χ1v) is 5.05. The normalized spacial score (nSPS) is 10.1. The van der Waals surface area contributed by atoms with Gasteiger partial charge in [0.1, 0.15) is 12.4 Å². The molecule has 1 aromatic rings. The number of hydrogen-bond donors (Lipinski definition) is 2. The minimum absolute atomic E-state index is 0.272. The van der Waals surface area contributed by atoms with Gasteiger partial charge in [0.2, 0.25) is 0 Å². The van der Waals surface area contributed by atoms with Gasteiger partial charge in [0.25, 0.3) is 5.91 Å². The van der Waals surface area contributed by atoms with Crippen molar-refractivity contribution in [1.82, 2.24) is 0 Å². The van der Waals surface area contributed by atoms with E-state index in [1.807, 2.05) is 6.92 Å². The molecule has 5 nitrogen and oxygen atoms in total. The summed E-state index contributed by atoms with van der Waals surface area (Å²) < 4.78 is 10.5. The number of carbonyl (C=O) groups is 1. The van der Waals surface area contributed by atoms with Crippen LogP contribution in [0.5, 0.6) is 5.75 Å². The highest BCUT2D eigenvalue weighted by atomic mass is 16.5. The van der Waals surface area contributed by atoms with Crippen LogP contribution in [0.1, 0.15) is 17.3 Å². The number of nitrogens with two attached hydrogens (primary N) is 2. The average Bonchev–Trinajstić information content (AvgIpc) is 2.26. The summed E-state index contributed by atoms with van der Waals surface area (Å²) >= 11 is 0. The van der Waals surface area contributed by atoms with Crippen LogP contribution < -0.4 is 16.2 Å². The standard InChI is InChI=1S/C11H16N2O3/c1-2-15-5-6-16-8-3-4-10(12)9(7-8)11(13)14/h3-4,7H,2,5-6,12H2,1H3,(H2,13,14). The topological polar surface area (TPSA) is 87.6 Å². The third-order valence-corrected chi connectivity index (χ3v) is 1.99. The predicted octanol–water partition coefficient (Wildman–Crippen LogP) is 0.783. The van der Waals surface area contributed by atoms with E-state index in [2.05, 4.69) is 0 Å². The summed E-state index contributed by atoms with van der Waals surface area (Å²) in [5.41, 5.74) is 11.4. The zero-order chi connectivity index (χ0) is 12.0. The van der Waals surface area contributed by atoms with E-state index >= 15 is 0 Å². The smallest absolute Gasteiger partial charge is 0.250 e. The molecule has 0 fully saturated rings. The van der Waals surface area contributed by atoms with E-state index in [0.29, 0.717) is 31.3 Å². The summed E-state index contributed by atoms with van der Waals surface area (Å²) in [6, 6.07) is 4.81. The molecule has 0 aliphatic rings. The van der Waals surface area contributed by atoms with Crippen LogP contribution in [0.4, 0.5) is 5.69 Å². The fraction of sp³-hybridized carbons (Fsp3) is 0.364.